The van der Waals surface area contributed by atoms with Crippen molar-refractivity contribution < 1.29 is 9.90 Å². The van der Waals surface area contributed by atoms with Crippen molar-refractivity contribution in [3.8, 4) is 0 Å². The number of likely N-dealkylation sites (tertiary alicyclic amines) is 1. The van der Waals surface area contributed by atoms with Crippen LogP contribution in [0.5, 0.6) is 0 Å². The summed E-state index contributed by atoms with van der Waals surface area (Å²) in [6.07, 6.45) is 10.4. The Kier molecular flexibility index (Phi) is 4.86. The van der Waals surface area contributed by atoms with Crippen molar-refractivity contribution in [3.05, 3.63) is 35.9 Å². The lowest BCUT2D eigenvalue weighted by Gasteiger charge is -2.52. The molecule has 2 aliphatic carbocycles. The number of aliphatic carboxylic acids is 1. The number of hydrogen-bond acceptors (Lipinski definition) is 2. The molecule has 1 aromatic carbocycles. The van der Waals surface area contributed by atoms with Gasteiger partial charge in [-0.25, -0.2) is 0 Å². The number of carboxylic acid groups (broad SMARTS) is 1. The minimum atomic E-state index is -0.623. The number of piperidine rings is 1. The van der Waals surface area contributed by atoms with Crippen LogP contribution in [-0.4, -0.2) is 34.6 Å². The fourth-order valence-electron chi connectivity index (χ4n) is 5.29. The number of nitrogens with zero attached hydrogens (tertiary/aromatic N) is 1. The summed E-state index contributed by atoms with van der Waals surface area (Å²) in [5.74, 6) is 1.96. The van der Waals surface area contributed by atoms with Crippen molar-refractivity contribution in [1.29, 1.82) is 0 Å². The van der Waals surface area contributed by atoms with Crippen LogP contribution in [0.4, 0.5) is 0 Å². The lowest BCUT2D eigenvalue weighted by atomic mass is 9.71. The van der Waals surface area contributed by atoms with Crippen molar-refractivity contribution in [2.24, 2.45) is 11.8 Å². The average molecular weight is 341 g/mol. The van der Waals surface area contributed by atoms with E-state index < -0.39 is 5.97 Å². The monoisotopic (exact) mass is 341 g/mol. The van der Waals surface area contributed by atoms with Gasteiger partial charge in [0.15, 0.2) is 0 Å². The van der Waals surface area contributed by atoms with E-state index in [1.807, 2.05) is 0 Å². The van der Waals surface area contributed by atoms with Crippen LogP contribution in [0.1, 0.15) is 69.3 Å². The summed E-state index contributed by atoms with van der Waals surface area (Å²) in [6.45, 7) is 2.23. The molecule has 0 radical (unpaired) electrons. The number of carboxylic acids is 1. The van der Waals surface area contributed by atoms with E-state index in [1.54, 1.807) is 0 Å². The molecule has 2 atom stereocenters. The van der Waals surface area contributed by atoms with Gasteiger partial charge in [-0.1, -0.05) is 36.8 Å². The molecule has 1 saturated heterocycles. The molecule has 0 aromatic heterocycles. The second kappa shape index (κ2) is 7.11. The molecule has 0 amide bonds. The second-order valence-electron chi connectivity index (χ2n) is 8.67. The molecular formula is C22H31NO2. The highest BCUT2D eigenvalue weighted by Gasteiger charge is 2.45. The molecule has 1 heterocycles. The summed E-state index contributed by atoms with van der Waals surface area (Å²) >= 11 is 0. The number of rotatable bonds is 7. The second-order valence-corrected chi connectivity index (χ2v) is 8.67. The number of hydrogen-bond donors (Lipinski definition) is 1. The predicted molar refractivity (Wildman–Crippen MR) is 99.7 cm³/mol. The van der Waals surface area contributed by atoms with Gasteiger partial charge in [-0.05, 0) is 81.4 Å². The first kappa shape index (κ1) is 17.1. The number of benzene rings is 1. The van der Waals surface area contributed by atoms with E-state index in [-0.39, 0.29) is 5.54 Å². The minimum Gasteiger partial charge on any atom is -0.481 e. The van der Waals surface area contributed by atoms with Crippen LogP contribution in [-0.2, 0) is 4.79 Å². The maximum absolute atomic E-state index is 11.2. The molecule has 1 aliphatic heterocycles. The van der Waals surface area contributed by atoms with Crippen LogP contribution in [0.15, 0.2) is 30.3 Å². The Labute approximate surface area is 151 Å². The highest BCUT2D eigenvalue weighted by Crippen LogP contribution is 2.51. The van der Waals surface area contributed by atoms with Crippen LogP contribution >= 0.6 is 0 Å². The first-order chi connectivity index (χ1) is 12.2. The summed E-state index contributed by atoms with van der Waals surface area (Å²) in [5.41, 5.74) is 1.54. The summed E-state index contributed by atoms with van der Waals surface area (Å²) in [5, 5.41) is 9.24. The normalized spacial score (nSPS) is 29.1. The molecule has 3 heteroatoms. The van der Waals surface area contributed by atoms with Gasteiger partial charge in [-0.3, -0.25) is 9.69 Å². The highest BCUT2D eigenvalue weighted by molar-refractivity contribution is 5.68. The topological polar surface area (TPSA) is 40.5 Å². The number of carbonyl (C=O) groups is 1. The maximum Gasteiger partial charge on any atom is 0.305 e. The summed E-state index contributed by atoms with van der Waals surface area (Å²) in [6, 6.07) is 11.0. The van der Waals surface area contributed by atoms with Crippen molar-refractivity contribution >= 4 is 5.97 Å². The van der Waals surface area contributed by atoms with Crippen molar-refractivity contribution in [2.75, 3.05) is 13.1 Å². The zero-order valence-corrected chi connectivity index (χ0v) is 15.2. The third-order valence-corrected chi connectivity index (χ3v) is 7.15. The fourth-order valence-corrected chi connectivity index (χ4v) is 5.29. The Morgan fingerprint density at radius 2 is 1.84 bits per heavy atom. The fraction of sp³-hybridized carbons (Fsp3) is 0.682. The zero-order valence-electron chi connectivity index (χ0n) is 15.2. The molecule has 3 nitrogen and oxygen atoms in total. The molecule has 1 unspecified atom stereocenters. The van der Waals surface area contributed by atoms with E-state index in [4.69, 9.17) is 0 Å². The lowest BCUT2D eigenvalue weighted by molar-refractivity contribution is -0.143. The van der Waals surface area contributed by atoms with E-state index in [1.165, 1.54) is 44.1 Å². The Morgan fingerprint density at radius 1 is 1.12 bits per heavy atom. The van der Waals surface area contributed by atoms with Gasteiger partial charge in [0.25, 0.3) is 0 Å². The van der Waals surface area contributed by atoms with E-state index in [0.29, 0.717) is 6.42 Å². The Hall–Kier alpha value is -1.35. The lowest BCUT2D eigenvalue weighted by Crippen LogP contribution is -2.57. The molecule has 3 aliphatic rings. The SMILES string of the molecule is O=C(O)CC1(N2CCC(CC[C@@H]3CC3c3ccccc3)CC2)CCC1. The molecule has 0 bridgehead atoms. The molecular weight excluding hydrogens is 310 g/mol. The van der Waals surface area contributed by atoms with E-state index in [0.717, 1.165) is 43.7 Å². The van der Waals surface area contributed by atoms with Crippen molar-refractivity contribution in [3.63, 3.8) is 0 Å². The maximum atomic E-state index is 11.2. The summed E-state index contributed by atoms with van der Waals surface area (Å²) < 4.78 is 0. The van der Waals surface area contributed by atoms with Crippen LogP contribution < -0.4 is 0 Å². The molecule has 1 N–H and O–H groups in total. The third kappa shape index (κ3) is 3.76. The summed E-state index contributed by atoms with van der Waals surface area (Å²) in [4.78, 5) is 13.7. The molecule has 1 aromatic rings. The largest absolute Gasteiger partial charge is 0.481 e. The standard InChI is InChI=1S/C22H31NO2/c24-21(25)16-22(11-4-12-22)23-13-9-17(10-14-23)7-8-19-15-20(19)18-5-2-1-3-6-18/h1-3,5-6,17,19-20H,4,7-16H2,(H,24,25)/t19-,20?/m1/s1. The van der Waals surface area contributed by atoms with Gasteiger partial charge < -0.3 is 5.11 Å². The van der Waals surface area contributed by atoms with Crippen LogP contribution in [0, 0.1) is 11.8 Å². The van der Waals surface area contributed by atoms with Gasteiger partial charge in [0.1, 0.15) is 0 Å². The van der Waals surface area contributed by atoms with Crippen LogP contribution in [0.25, 0.3) is 0 Å². The molecule has 2 saturated carbocycles. The van der Waals surface area contributed by atoms with E-state index in [2.05, 4.69) is 35.2 Å². The smallest absolute Gasteiger partial charge is 0.305 e. The van der Waals surface area contributed by atoms with Crippen LogP contribution in [0.2, 0.25) is 0 Å². The Bertz CT molecular complexity index is 587. The first-order valence-electron chi connectivity index (χ1n) is 10.2. The molecule has 4 rings (SSSR count). The zero-order chi connectivity index (χ0) is 17.3. The predicted octanol–water partition coefficient (Wildman–Crippen LogP) is 4.68. The molecule has 136 valence electrons. The van der Waals surface area contributed by atoms with Gasteiger partial charge in [0, 0.05) is 5.54 Å². The van der Waals surface area contributed by atoms with Gasteiger partial charge in [-0.2, -0.15) is 0 Å². The van der Waals surface area contributed by atoms with E-state index >= 15 is 0 Å². The minimum absolute atomic E-state index is 0.00566. The summed E-state index contributed by atoms with van der Waals surface area (Å²) in [7, 11) is 0. The molecule has 3 fully saturated rings. The van der Waals surface area contributed by atoms with Gasteiger partial charge >= 0.3 is 5.97 Å². The van der Waals surface area contributed by atoms with Crippen molar-refractivity contribution in [1.82, 2.24) is 4.90 Å². The van der Waals surface area contributed by atoms with Gasteiger partial charge in [0.2, 0.25) is 0 Å². The van der Waals surface area contributed by atoms with Gasteiger partial charge in [0.05, 0.1) is 6.42 Å². The highest BCUT2D eigenvalue weighted by atomic mass is 16.4. The van der Waals surface area contributed by atoms with Crippen LogP contribution in [0.3, 0.4) is 0 Å². The Balaban J connectivity index is 1.20. The molecule has 25 heavy (non-hydrogen) atoms. The third-order valence-electron chi connectivity index (χ3n) is 7.15. The Morgan fingerprint density at radius 3 is 2.44 bits per heavy atom. The first-order valence-corrected chi connectivity index (χ1v) is 10.2. The quantitative estimate of drug-likeness (QED) is 0.783. The van der Waals surface area contributed by atoms with Crippen molar-refractivity contribution in [2.45, 2.75) is 69.2 Å². The molecule has 0 spiro atoms. The van der Waals surface area contributed by atoms with Gasteiger partial charge in [-0.15, -0.1) is 0 Å². The average Bonchev–Trinajstić information content (AvgIpc) is 3.37. The van der Waals surface area contributed by atoms with E-state index in [9.17, 15) is 9.90 Å².